The second-order valence-corrected chi connectivity index (χ2v) is 5.90. The molecule has 0 aliphatic carbocycles. The fraction of sp³-hybridized carbons (Fsp3) is 0.667. The van der Waals surface area contributed by atoms with Crippen LogP contribution in [-0.2, 0) is 6.54 Å². The highest BCUT2D eigenvalue weighted by molar-refractivity contribution is 5.10. The summed E-state index contributed by atoms with van der Waals surface area (Å²) in [6, 6.07) is 6.21. The number of likely N-dealkylation sites (tertiary alicyclic amines) is 1. The largest absolute Gasteiger partial charge is 0.329 e. The van der Waals surface area contributed by atoms with E-state index in [0.29, 0.717) is 6.54 Å². The summed E-state index contributed by atoms with van der Waals surface area (Å²) in [6.07, 6.45) is 2.40. The maximum Gasteiger partial charge on any atom is 0.0547 e. The molecule has 1 fully saturated rings. The quantitative estimate of drug-likeness (QED) is 0.887. The average Bonchev–Trinajstić information content (AvgIpc) is 2.38. The maximum atomic E-state index is 6.10. The second kappa shape index (κ2) is 5.99. The number of rotatable bonds is 4. The van der Waals surface area contributed by atoms with Gasteiger partial charge in [-0.2, -0.15) is 0 Å². The summed E-state index contributed by atoms with van der Waals surface area (Å²) in [7, 11) is 4.36. The minimum atomic E-state index is 0.0957. The van der Waals surface area contributed by atoms with Crippen molar-refractivity contribution < 1.29 is 0 Å². The molecule has 0 radical (unpaired) electrons. The van der Waals surface area contributed by atoms with Crippen molar-refractivity contribution in [3.05, 3.63) is 29.6 Å². The number of likely N-dealkylation sites (N-methyl/N-ethyl adjacent to an activating group) is 2. The molecule has 106 valence electrons. The predicted molar refractivity (Wildman–Crippen MR) is 79.0 cm³/mol. The highest BCUT2D eigenvalue weighted by Gasteiger charge is 2.36. The number of nitrogens with two attached hydrogens (primary N) is 1. The SMILES string of the molecule is Cc1cccc(CN(C)C2(CN)CCCN(C)C2)n1. The third kappa shape index (κ3) is 3.32. The fourth-order valence-electron chi connectivity index (χ4n) is 3.07. The van der Waals surface area contributed by atoms with Crippen molar-refractivity contribution in [2.75, 3.05) is 33.7 Å². The normalized spacial score (nSPS) is 24.9. The summed E-state index contributed by atoms with van der Waals surface area (Å²) < 4.78 is 0. The summed E-state index contributed by atoms with van der Waals surface area (Å²) in [4.78, 5) is 9.38. The van der Waals surface area contributed by atoms with E-state index in [1.165, 1.54) is 19.4 Å². The first kappa shape index (κ1) is 14.4. The minimum absolute atomic E-state index is 0.0957. The molecule has 1 atom stereocenters. The van der Waals surface area contributed by atoms with E-state index in [9.17, 15) is 0 Å². The van der Waals surface area contributed by atoms with Gasteiger partial charge in [0.05, 0.1) is 5.69 Å². The Bertz CT molecular complexity index is 420. The standard InChI is InChI=1S/C15H26N4/c1-13-6-4-7-14(17-13)10-19(3)15(11-16)8-5-9-18(2)12-15/h4,6-7H,5,8-12,16H2,1-3H3. The molecule has 4 heteroatoms. The Hall–Kier alpha value is -0.970. The molecule has 2 rings (SSSR count). The zero-order chi connectivity index (χ0) is 13.9. The van der Waals surface area contributed by atoms with Crippen molar-refractivity contribution in [3.8, 4) is 0 Å². The van der Waals surface area contributed by atoms with Crippen molar-refractivity contribution in [3.63, 3.8) is 0 Å². The lowest BCUT2D eigenvalue weighted by atomic mass is 9.87. The van der Waals surface area contributed by atoms with Gasteiger partial charge in [0, 0.05) is 30.9 Å². The van der Waals surface area contributed by atoms with Crippen LogP contribution in [0.3, 0.4) is 0 Å². The van der Waals surface area contributed by atoms with E-state index in [1.807, 2.05) is 13.0 Å². The lowest BCUT2D eigenvalue weighted by Crippen LogP contribution is -2.60. The summed E-state index contributed by atoms with van der Waals surface area (Å²) >= 11 is 0. The molecule has 0 amide bonds. The van der Waals surface area contributed by atoms with E-state index < -0.39 is 0 Å². The van der Waals surface area contributed by atoms with Gasteiger partial charge in [-0.15, -0.1) is 0 Å². The average molecular weight is 262 g/mol. The number of aryl methyl sites for hydroxylation is 1. The van der Waals surface area contributed by atoms with Crippen LogP contribution in [0.25, 0.3) is 0 Å². The Morgan fingerprint density at radius 2 is 2.26 bits per heavy atom. The zero-order valence-corrected chi connectivity index (χ0v) is 12.4. The first-order valence-electron chi connectivity index (χ1n) is 7.08. The molecule has 2 N–H and O–H groups in total. The van der Waals surface area contributed by atoms with Gasteiger partial charge in [-0.1, -0.05) is 6.07 Å². The van der Waals surface area contributed by atoms with Crippen molar-refractivity contribution in [2.24, 2.45) is 5.73 Å². The van der Waals surface area contributed by atoms with E-state index in [1.54, 1.807) is 0 Å². The smallest absolute Gasteiger partial charge is 0.0547 e. The van der Waals surface area contributed by atoms with Gasteiger partial charge in [0.1, 0.15) is 0 Å². The van der Waals surface area contributed by atoms with Crippen LogP contribution in [0.1, 0.15) is 24.2 Å². The van der Waals surface area contributed by atoms with Crippen LogP contribution in [0, 0.1) is 6.92 Å². The molecule has 0 bridgehead atoms. The number of pyridine rings is 1. The molecule has 0 spiro atoms. The summed E-state index contributed by atoms with van der Waals surface area (Å²) in [5.74, 6) is 0. The van der Waals surface area contributed by atoms with E-state index in [-0.39, 0.29) is 5.54 Å². The number of aromatic nitrogens is 1. The first-order valence-corrected chi connectivity index (χ1v) is 7.08. The predicted octanol–water partition coefficient (Wildman–Crippen LogP) is 1.24. The molecule has 1 unspecified atom stereocenters. The first-order chi connectivity index (χ1) is 9.05. The van der Waals surface area contributed by atoms with Crippen molar-refractivity contribution in [2.45, 2.75) is 31.8 Å². The van der Waals surface area contributed by atoms with Crippen LogP contribution >= 0.6 is 0 Å². The van der Waals surface area contributed by atoms with E-state index >= 15 is 0 Å². The van der Waals surface area contributed by atoms with Gasteiger partial charge in [0.15, 0.2) is 0 Å². The van der Waals surface area contributed by atoms with Gasteiger partial charge in [-0.3, -0.25) is 9.88 Å². The van der Waals surface area contributed by atoms with Gasteiger partial charge in [-0.25, -0.2) is 0 Å². The monoisotopic (exact) mass is 262 g/mol. The lowest BCUT2D eigenvalue weighted by molar-refractivity contribution is 0.0388. The highest BCUT2D eigenvalue weighted by atomic mass is 15.3. The van der Waals surface area contributed by atoms with Crippen molar-refractivity contribution in [1.29, 1.82) is 0 Å². The summed E-state index contributed by atoms with van der Waals surface area (Å²) in [5.41, 5.74) is 8.40. The molecular weight excluding hydrogens is 236 g/mol. The van der Waals surface area contributed by atoms with Crippen LogP contribution in [0.2, 0.25) is 0 Å². The summed E-state index contributed by atoms with van der Waals surface area (Å²) in [5, 5.41) is 0. The van der Waals surface area contributed by atoms with E-state index in [0.717, 1.165) is 24.5 Å². The third-order valence-electron chi connectivity index (χ3n) is 4.28. The Morgan fingerprint density at radius 1 is 1.47 bits per heavy atom. The third-order valence-corrected chi connectivity index (χ3v) is 4.28. The minimum Gasteiger partial charge on any atom is -0.329 e. The van der Waals surface area contributed by atoms with Crippen LogP contribution in [0.5, 0.6) is 0 Å². The molecule has 1 saturated heterocycles. The van der Waals surface area contributed by atoms with Gasteiger partial charge < -0.3 is 10.6 Å². The molecular formula is C15H26N4. The number of hydrogen-bond donors (Lipinski definition) is 1. The molecule has 2 heterocycles. The topological polar surface area (TPSA) is 45.4 Å². The summed E-state index contributed by atoms with van der Waals surface area (Å²) in [6.45, 7) is 5.84. The highest BCUT2D eigenvalue weighted by Crippen LogP contribution is 2.26. The Balaban J connectivity index is 2.10. The molecule has 1 aliphatic heterocycles. The molecule has 19 heavy (non-hydrogen) atoms. The molecule has 0 aromatic carbocycles. The Morgan fingerprint density at radius 3 is 2.89 bits per heavy atom. The number of piperidine rings is 1. The zero-order valence-electron chi connectivity index (χ0n) is 12.4. The van der Waals surface area contributed by atoms with Crippen LogP contribution in [0.15, 0.2) is 18.2 Å². The Kier molecular flexibility index (Phi) is 4.55. The Labute approximate surface area is 116 Å². The molecule has 1 aromatic rings. The second-order valence-electron chi connectivity index (χ2n) is 5.90. The molecule has 1 aromatic heterocycles. The molecule has 1 aliphatic rings. The van der Waals surface area contributed by atoms with Gasteiger partial charge in [0.2, 0.25) is 0 Å². The van der Waals surface area contributed by atoms with Crippen LogP contribution in [-0.4, -0.2) is 54.1 Å². The van der Waals surface area contributed by atoms with Gasteiger partial charge in [0.25, 0.3) is 0 Å². The van der Waals surface area contributed by atoms with E-state index in [4.69, 9.17) is 5.73 Å². The maximum absolute atomic E-state index is 6.10. The lowest BCUT2D eigenvalue weighted by Gasteiger charge is -2.47. The molecule has 0 saturated carbocycles. The van der Waals surface area contributed by atoms with Crippen LogP contribution < -0.4 is 5.73 Å². The van der Waals surface area contributed by atoms with Crippen molar-refractivity contribution >= 4 is 0 Å². The molecule has 4 nitrogen and oxygen atoms in total. The van der Waals surface area contributed by atoms with E-state index in [2.05, 4.69) is 41.0 Å². The fourth-order valence-corrected chi connectivity index (χ4v) is 3.07. The van der Waals surface area contributed by atoms with Crippen LogP contribution in [0.4, 0.5) is 0 Å². The van der Waals surface area contributed by atoms with Crippen molar-refractivity contribution in [1.82, 2.24) is 14.8 Å². The van der Waals surface area contributed by atoms with Gasteiger partial charge in [-0.05, 0) is 52.5 Å². The van der Waals surface area contributed by atoms with Gasteiger partial charge >= 0.3 is 0 Å². The number of nitrogens with zero attached hydrogens (tertiary/aromatic N) is 3. The number of hydrogen-bond acceptors (Lipinski definition) is 4.